The van der Waals surface area contributed by atoms with Crippen molar-refractivity contribution in [3.05, 3.63) is 23.8 Å². The van der Waals surface area contributed by atoms with Gasteiger partial charge in [0, 0.05) is 37.8 Å². The van der Waals surface area contributed by atoms with Crippen LogP contribution in [0.3, 0.4) is 0 Å². The van der Waals surface area contributed by atoms with Gasteiger partial charge in [0.15, 0.2) is 0 Å². The van der Waals surface area contributed by atoms with Gasteiger partial charge in [-0.2, -0.15) is 0 Å². The third-order valence-corrected chi connectivity index (χ3v) is 3.79. The number of methoxy groups -OCH3 is 2. The van der Waals surface area contributed by atoms with E-state index in [1.807, 2.05) is 18.2 Å². The van der Waals surface area contributed by atoms with Gasteiger partial charge in [0.2, 0.25) is 0 Å². The fourth-order valence-electron chi connectivity index (χ4n) is 2.61. The highest BCUT2D eigenvalue weighted by atomic mass is 16.5. The summed E-state index contributed by atoms with van der Waals surface area (Å²) in [6.07, 6.45) is 0. The van der Waals surface area contributed by atoms with E-state index in [0.29, 0.717) is 6.04 Å². The molecule has 0 aliphatic carbocycles. The average Bonchev–Trinajstić information content (AvgIpc) is 2.53. The predicted octanol–water partition coefficient (Wildman–Crippen LogP) is 1.51. The first-order chi connectivity index (χ1) is 10.2. The fourth-order valence-corrected chi connectivity index (χ4v) is 2.61. The summed E-state index contributed by atoms with van der Waals surface area (Å²) in [4.78, 5) is 2.43. The second-order valence-electron chi connectivity index (χ2n) is 5.34. The minimum Gasteiger partial charge on any atom is -0.496 e. The van der Waals surface area contributed by atoms with Crippen molar-refractivity contribution in [2.24, 2.45) is 0 Å². The Morgan fingerprint density at radius 2 is 1.81 bits per heavy atom. The highest BCUT2D eigenvalue weighted by molar-refractivity contribution is 5.44. The topological polar surface area (TPSA) is 43.0 Å². The van der Waals surface area contributed by atoms with Crippen molar-refractivity contribution in [1.82, 2.24) is 10.2 Å². The summed E-state index contributed by atoms with van der Waals surface area (Å²) < 4.78 is 16.2. The van der Waals surface area contributed by atoms with Crippen molar-refractivity contribution in [2.75, 3.05) is 47.1 Å². The highest BCUT2D eigenvalue weighted by Gasteiger charge is 2.15. The monoisotopic (exact) mass is 294 g/mol. The van der Waals surface area contributed by atoms with Crippen molar-refractivity contribution >= 4 is 0 Å². The van der Waals surface area contributed by atoms with Gasteiger partial charge >= 0.3 is 0 Å². The van der Waals surface area contributed by atoms with E-state index in [1.165, 1.54) is 0 Å². The number of nitrogens with zero attached hydrogens (tertiary/aromatic N) is 1. The molecule has 1 fully saturated rings. The van der Waals surface area contributed by atoms with Crippen LogP contribution in [0.5, 0.6) is 11.5 Å². The maximum atomic E-state index is 5.42. The smallest absolute Gasteiger partial charge is 0.127 e. The third kappa shape index (κ3) is 4.59. The van der Waals surface area contributed by atoms with Crippen LogP contribution in [-0.2, 0) is 11.3 Å². The fraction of sp³-hybridized carbons (Fsp3) is 0.625. The first-order valence-electron chi connectivity index (χ1n) is 7.48. The van der Waals surface area contributed by atoms with Crippen molar-refractivity contribution in [3.8, 4) is 11.5 Å². The molecule has 21 heavy (non-hydrogen) atoms. The van der Waals surface area contributed by atoms with Crippen LogP contribution in [0, 0.1) is 0 Å². The van der Waals surface area contributed by atoms with Gasteiger partial charge in [-0.1, -0.05) is 6.07 Å². The molecule has 1 aliphatic rings. The second-order valence-corrected chi connectivity index (χ2v) is 5.34. The van der Waals surface area contributed by atoms with Crippen LogP contribution in [-0.4, -0.2) is 58.0 Å². The third-order valence-electron chi connectivity index (χ3n) is 3.79. The Bertz CT molecular complexity index is 411. The molecule has 1 aliphatic heterocycles. The lowest BCUT2D eigenvalue weighted by molar-refractivity contribution is 0.0343. The van der Waals surface area contributed by atoms with Gasteiger partial charge in [-0.15, -0.1) is 0 Å². The molecule has 0 aromatic heterocycles. The molecule has 1 atom stereocenters. The molecule has 1 saturated heterocycles. The lowest BCUT2D eigenvalue weighted by Gasteiger charge is -2.29. The molecule has 1 heterocycles. The molecular weight excluding hydrogens is 268 g/mol. The number of benzene rings is 1. The van der Waals surface area contributed by atoms with Crippen LogP contribution < -0.4 is 14.8 Å². The van der Waals surface area contributed by atoms with Gasteiger partial charge < -0.3 is 19.5 Å². The molecule has 0 amide bonds. The summed E-state index contributed by atoms with van der Waals surface area (Å²) in [5, 5.41) is 3.55. The summed E-state index contributed by atoms with van der Waals surface area (Å²) >= 11 is 0. The van der Waals surface area contributed by atoms with Gasteiger partial charge in [-0.05, 0) is 19.1 Å². The molecule has 1 unspecified atom stereocenters. The number of ether oxygens (including phenoxy) is 3. The zero-order chi connectivity index (χ0) is 15.1. The van der Waals surface area contributed by atoms with Crippen molar-refractivity contribution in [2.45, 2.75) is 19.5 Å². The Labute approximate surface area is 127 Å². The molecule has 1 N–H and O–H groups in total. The largest absolute Gasteiger partial charge is 0.496 e. The van der Waals surface area contributed by atoms with Crippen LogP contribution in [0.4, 0.5) is 0 Å². The molecule has 118 valence electrons. The van der Waals surface area contributed by atoms with Crippen LogP contribution in [0.25, 0.3) is 0 Å². The SMILES string of the molecule is COc1cccc(OC)c1CNC(C)CN1CCOCC1. The molecule has 0 bridgehead atoms. The second kappa shape index (κ2) is 8.22. The Morgan fingerprint density at radius 1 is 1.19 bits per heavy atom. The maximum absolute atomic E-state index is 5.42. The van der Waals surface area contributed by atoms with E-state index < -0.39 is 0 Å². The Balaban J connectivity index is 1.89. The minimum atomic E-state index is 0.401. The standard InChI is InChI=1S/C16H26N2O3/c1-13(12-18-7-9-21-10-8-18)17-11-14-15(19-2)5-4-6-16(14)20-3/h4-6,13,17H,7-12H2,1-3H3. The molecular formula is C16H26N2O3. The van der Waals surface area contributed by atoms with E-state index >= 15 is 0 Å². The number of nitrogens with one attached hydrogen (secondary N) is 1. The van der Waals surface area contributed by atoms with Crippen LogP contribution in [0.15, 0.2) is 18.2 Å². The quantitative estimate of drug-likeness (QED) is 0.826. The van der Waals surface area contributed by atoms with Crippen molar-refractivity contribution < 1.29 is 14.2 Å². The zero-order valence-electron chi connectivity index (χ0n) is 13.2. The summed E-state index contributed by atoms with van der Waals surface area (Å²) in [6, 6.07) is 6.27. The summed E-state index contributed by atoms with van der Waals surface area (Å²) in [6.45, 7) is 7.69. The Hall–Kier alpha value is -1.30. The molecule has 1 aromatic rings. The van der Waals surface area contributed by atoms with Crippen molar-refractivity contribution in [3.63, 3.8) is 0 Å². The van der Waals surface area contributed by atoms with Gasteiger partial charge in [0.25, 0.3) is 0 Å². The van der Waals surface area contributed by atoms with Gasteiger partial charge in [-0.25, -0.2) is 0 Å². The summed E-state index contributed by atoms with van der Waals surface area (Å²) in [7, 11) is 3.38. The number of hydrogen-bond acceptors (Lipinski definition) is 5. The molecule has 5 heteroatoms. The van der Waals surface area contributed by atoms with Crippen LogP contribution in [0.1, 0.15) is 12.5 Å². The van der Waals surface area contributed by atoms with Gasteiger partial charge in [0.1, 0.15) is 11.5 Å². The van der Waals surface area contributed by atoms with Crippen molar-refractivity contribution in [1.29, 1.82) is 0 Å². The molecule has 0 spiro atoms. The minimum absolute atomic E-state index is 0.401. The zero-order valence-corrected chi connectivity index (χ0v) is 13.2. The van der Waals surface area contributed by atoms with E-state index in [1.54, 1.807) is 14.2 Å². The van der Waals surface area contributed by atoms with E-state index in [-0.39, 0.29) is 0 Å². The maximum Gasteiger partial charge on any atom is 0.127 e. The van der Waals surface area contributed by atoms with E-state index in [9.17, 15) is 0 Å². The number of rotatable bonds is 7. The number of hydrogen-bond donors (Lipinski definition) is 1. The molecule has 0 radical (unpaired) electrons. The van der Waals surface area contributed by atoms with Gasteiger partial charge in [0.05, 0.1) is 27.4 Å². The first kappa shape index (κ1) is 16.1. The first-order valence-corrected chi connectivity index (χ1v) is 7.48. The molecule has 1 aromatic carbocycles. The average molecular weight is 294 g/mol. The highest BCUT2D eigenvalue weighted by Crippen LogP contribution is 2.27. The van der Waals surface area contributed by atoms with Crippen LogP contribution in [0.2, 0.25) is 0 Å². The van der Waals surface area contributed by atoms with Crippen LogP contribution >= 0.6 is 0 Å². The number of morpholine rings is 1. The van der Waals surface area contributed by atoms with E-state index in [0.717, 1.165) is 56.5 Å². The normalized spacial score (nSPS) is 17.5. The summed E-state index contributed by atoms with van der Waals surface area (Å²) in [5.41, 5.74) is 1.07. The van der Waals surface area contributed by atoms with Gasteiger partial charge in [-0.3, -0.25) is 4.90 Å². The predicted molar refractivity (Wildman–Crippen MR) is 83.1 cm³/mol. The molecule has 2 rings (SSSR count). The Kier molecular flexibility index (Phi) is 6.29. The molecule has 5 nitrogen and oxygen atoms in total. The molecule has 0 saturated carbocycles. The van der Waals surface area contributed by atoms with E-state index in [2.05, 4.69) is 17.1 Å². The summed E-state index contributed by atoms with van der Waals surface area (Å²) in [5.74, 6) is 1.72. The lowest BCUT2D eigenvalue weighted by atomic mass is 10.1. The van der Waals surface area contributed by atoms with E-state index in [4.69, 9.17) is 14.2 Å². The lowest BCUT2D eigenvalue weighted by Crippen LogP contribution is -2.44. The Morgan fingerprint density at radius 3 is 2.38 bits per heavy atom.